The van der Waals surface area contributed by atoms with Crippen molar-refractivity contribution in [2.75, 3.05) is 12.4 Å². The second kappa shape index (κ2) is 7.14. The zero-order valence-corrected chi connectivity index (χ0v) is 14.3. The molecule has 6 heteroatoms. The number of hydrogen-bond donors (Lipinski definition) is 2. The molecule has 1 aromatic heterocycles. The van der Waals surface area contributed by atoms with Gasteiger partial charge < -0.3 is 19.6 Å². The first-order valence-corrected chi connectivity index (χ1v) is 7.87. The Bertz CT molecular complexity index is 957. The van der Waals surface area contributed by atoms with Crippen LogP contribution in [-0.4, -0.2) is 24.1 Å². The molecule has 2 N–H and O–H groups in total. The molecule has 0 aliphatic rings. The Kier molecular flexibility index (Phi) is 4.75. The second-order valence-electron chi connectivity index (χ2n) is 5.70. The number of carbonyl (C=O) groups is 2. The highest BCUT2D eigenvalue weighted by Crippen LogP contribution is 2.33. The van der Waals surface area contributed by atoms with E-state index >= 15 is 0 Å². The van der Waals surface area contributed by atoms with Gasteiger partial charge in [0.25, 0.3) is 5.91 Å². The molecular weight excluding hydrogens is 334 g/mol. The highest BCUT2D eigenvalue weighted by Gasteiger charge is 2.16. The third-order valence-corrected chi connectivity index (χ3v) is 3.87. The van der Waals surface area contributed by atoms with Crippen LogP contribution in [0.3, 0.4) is 0 Å². The summed E-state index contributed by atoms with van der Waals surface area (Å²) in [6.45, 7) is 1.94. The van der Waals surface area contributed by atoms with E-state index in [-0.39, 0.29) is 11.7 Å². The van der Waals surface area contributed by atoms with E-state index < -0.39 is 5.97 Å². The molecule has 0 spiro atoms. The van der Waals surface area contributed by atoms with Gasteiger partial charge in [-0.05, 0) is 43.3 Å². The number of methoxy groups -OCH3 is 1. The third-order valence-electron chi connectivity index (χ3n) is 3.87. The van der Waals surface area contributed by atoms with Gasteiger partial charge in [-0.3, -0.25) is 4.79 Å². The first-order valence-electron chi connectivity index (χ1n) is 7.87. The Hall–Kier alpha value is -3.54. The predicted octanol–water partition coefficient (Wildman–Crippen LogP) is 4.21. The van der Waals surface area contributed by atoms with E-state index in [0.29, 0.717) is 28.3 Å². The summed E-state index contributed by atoms with van der Waals surface area (Å²) in [5.41, 5.74) is 2.58. The fourth-order valence-electron chi connectivity index (χ4n) is 2.47. The normalized spacial score (nSPS) is 10.4. The number of hydrogen-bond acceptors (Lipinski definition) is 4. The number of aryl methyl sites for hydroxylation is 1. The van der Waals surface area contributed by atoms with Crippen molar-refractivity contribution in [3.63, 3.8) is 0 Å². The van der Waals surface area contributed by atoms with Crippen LogP contribution >= 0.6 is 0 Å². The van der Waals surface area contributed by atoms with Gasteiger partial charge in [-0.25, -0.2) is 4.79 Å². The van der Waals surface area contributed by atoms with Crippen molar-refractivity contribution >= 4 is 17.6 Å². The van der Waals surface area contributed by atoms with E-state index in [1.54, 1.807) is 36.4 Å². The van der Waals surface area contributed by atoms with Gasteiger partial charge in [0.05, 0.1) is 12.8 Å². The van der Waals surface area contributed by atoms with E-state index in [0.717, 1.165) is 5.56 Å². The van der Waals surface area contributed by atoms with Crippen LogP contribution < -0.4 is 10.1 Å². The van der Waals surface area contributed by atoms with Crippen LogP contribution in [0.2, 0.25) is 0 Å². The van der Waals surface area contributed by atoms with Crippen molar-refractivity contribution in [2.45, 2.75) is 6.92 Å². The van der Waals surface area contributed by atoms with Crippen molar-refractivity contribution in [3.8, 4) is 17.1 Å². The topological polar surface area (TPSA) is 88.8 Å². The number of ether oxygens (including phenoxy) is 1. The Morgan fingerprint density at radius 2 is 1.77 bits per heavy atom. The maximum atomic E-state index is 12.5. The Morgan fingerprint density at radius 1 is 1.04 bits per heavy atom. The van der Waals surface area contributed by atoms with Crippen LogP contribution in [-0.2, 0) is 0 Å². The van der Waals surface area contributed by atoms with E-state index in [1.165, 1.54) is 13.2 Å². The Morgan fingerprint density at radius 3 is 2.38 bits per heavy atom. The maximum Gasteiger partial charge on any atom is 0.371 e. The van der Waals surface area contributed by atoms with Crippen molar-refractivity contribution in [2.24, 2.45) is 0 Å². The van der Waals surface area contributed by atoms with E-state index in [9.17, 15) is 9.59 Å². The summed E-state index contributed by atoms with van der Waals surface area (Å²) in [5, 5.41) is 11.9. The minimum absolute atomic E-state index is 0.174. The zero-order chi connectivity index (χ0) is 18.7. The number of aromatic carboxylic acids is 1. The zero-order valence-electron chi connectivity index (χ0n) is 14.3. The average Bonchev–Trinajstić information content (AvgIpc) is 3.12. The molecule has 3 rings (SSSR count). The molecule has 1 heterocycles. The number of carbonyl (C=O) groups excluding carboxylic acids is 1. The lowest BCUT2D eigenvalue weighted by Gasteiger charge is -2.12. The number of carboxylic acid groups (broad SMARTS) is 1. The number of nitrogens with one attached hydrogen (secondary N) is 1. The number of anilines is 1. The summed E-state index contributed by atoms with van der Waals surface area (Å²) >= 11 is 0. The average molecular weight is 351 g/mol. The van der Waals surface area contributed by atoms with Crippen LogP contribution in [0.4, 0.5) is 5.69 Å². The quantitative estimate of drug-likeness (QED) is 0.719. The van der Waals surface area contributed by atoms with Crippen LogP contribution in [0.1, 0.15) is 26.5 Å². The lowest BCUT2D eigenvalue weighted by molar-refractivity contribution is 0.0663. The standard InChI is InChI=1S/C20H17NO5/c1-12-3-5-13(6-4-12)19(22)21-16-11-14(25-2)7-8-15(16)17-9-10-18(26-17)20(23)24/h3-11H,1-2H3,(H,21,22)(H,23,24). The molecule has 0 aliphatic heterocycles. The second-order valence-corrected chi connectivity index (χ2v) is 5.70. The summed E-state index contributed by atoms with van der Waals surface area (Å²) in [5.74, 6) is -0.728. The van der Waals surface area contributed by atoms with Gasteiger partial charge in [-0.2, -0.15) is 0 Å². The molecule has 0 aliphatic carbocycles. The summed E-state index contributed by atoms with van der Waals surface area (Å²) in [7, 11) is 1.52. The van der Waals surface area contributed by atoms with Crippen molar-refractivity contribution in [1.29, 1.82) is 0 Å². The van der Waals surface area contributed by atoms with Gasteiger partial charge in [-0.1, -0.05) is 17.7 Å². The number of furan rings is 1. The van der Waals surface area contributed by atoms with Crippen LogP contribution in [0, 0.1) is 6.92 Å². The summed E-state index contributed by atoms with van der Waals surface area (Å²) in [6, 6.07) is 15.2. The van der Waals surface area contributed by atoms with Gasteiger partial charge >= 0.3 is 5.97 Å². The van der Waals surface area contributed by atoms with Crippen molar-refractivity contribution in [3.05, 3.63) is 71.5 Å². The molecule has 0 saturated heterocycles. The molecule has 132 valence electrons. The monoisotopic (exact) mass is 351 g/mol. The lowest BCUT2D eigenvalue weighted by atomic mass is 10.1. The first kappa shape index (κ1) is 17.3. The molecule has 26 heavy (non-hydrogen) atoms. The molecule has 0 unspecified atom stereocenters. The highest BCUT2D eigenvalue weighted by atomic mass is 16.5. The Labute approximate surface area is 150 Å². The lowest BCUT2D eigenvalue weighted by Crippen LogP contribution is -2.12. The smallest absolute Gasteiger partial charge is 0.371 e. The van der Waals surface area contributed by atoms with E-state index in [2.05, 4.69) is 5.32 Å². The minimum Gasteiger partial charge on any atom is -0.497 e. The molecule has 1 amide bonds. The molecule has 3 aromatic rings. The van der Waals surface area contributed by atoms with Gasteiger partial charge in [0.2, 0.25) is 5.76 Å². The number of carboxylic acids is 1. The van der Waals surface area contributed by atoms with E-state index in [1.807, 2.05) is 19.1 Å². The maximum absolute atomic E-state index is 12.5. The number of amides is 1. The van der Waals surface area contributed by atoms with Crippen molar-refractivity contribution < 1.29 is 23.8 Å². The third kappa shape index (κ3) is 3.59. The minimum atomic E-state index is -1.16. The molecule has 0 saturated carbocycles. The largest absolute Gasteiger partial charge is 0.497 e. The Balaban J connectivity index is 1.97. The SMILES string of the molecule is COc1ccc(-c2ccc(C(=O)O)o2)c(NC(=O)c2ccc(C)cc2)c1. The molecule has 2 aromatic carbocycles. The molecule has 0 atom stereocenters. The van der Waals surface area contributed by atoms with Crippen LogP contribution in [0.5, 0.6) is 5.75 Å². The highest BCUT2D eigenvalue weighted by molar-refractivity contribution is 6.06. The predicted molar refractivity (Wildman–Crippen MR) is 96.8 cm³/mol. The van der Waals surface area contributed by atoms with E-state index in [4.69, 9.17) is 14.3 Å². The van der Waals surface area contributed by atoms with Crippen LogP contribution in [0.15, 0.2) is 59.0 Å². The molecule has 0 fully saturated rings. The fourth-order valence-corrected chi connectivity index (χ4v) is 2.47. The van der Waals surface area contributed by atoms with Gasteiger partial charge in [0, 0.05) is 17.2 Å². The number of benzene rings is 2. The summed E-state index contributed by atoms with van der Waals surface area (Å²) < 4.78 is 10.6. The van der Waals surface area contributed by atoms with Crippen LogP contribution in [0.25, 0.3) is 11.3 Å². The number of rotatable bonds is 5. The van der Waals surface area contributed by atoms with Gasteiger partial charge in [0.15, 0.2) is 0 Å². The summed E-state index contributed by atoms with van der Waals surface area (Å²) in [4.78, 5) is 23.6. The van der Waals surface area contributed by atoms with Gasteiger partial charge in [0.1, 0.15) is 11.5 Å². The molecule has 6 nitrogen and oxygen atoms in total. The molecule has 0 radical (unpaired) electrons. The molecular formula is C20H17NO5. The summed E-state index contributed by atoms with van der Waals surface area (Å²) in [6.07, 6.45) is 0. The molecule has 0 bridgehead atoms. The van der Waals surface area contributed by atoms with Crippen molar-refractivity contribution in [1.82, 2.24) is 0 Å². The first-order chi connectivity index (χ1) is 12.5. The fraction of sp³-hybridized carbons (Fsp3) is 0.100. The van der Waals surface area contributed by atoms with Gasteiger partial charge in [-0.15, -0.1) is 0 Å².